The minimum Gasteiger partial charge on any atom is -0.495 e. The molecule has 1 saturated heterocycles. The van der Waals surface area contributed by atoms with E-state index >= 15 is 0 Å². The van der Waals surface area contributed by atoms with Gasteiger partial charge in [0.15, 0.2) is 0 Å². The Kier molecular flexibility index (Phi) is 6.76. The van der Waals surface area contributed by atoms with Crippen molar-refractivity contribution in [1.29, 1.82) is 0 Å². The van der Waals surface area contributed by atoms with Gasteiger partial charge >= 0.3 is 0 Å². The maximum atomic E-state index is 11.2. The lowest BCUT2D eigenvalue weighted by atomic mass is 9.90. The van der Waals surface area contributed by atoms with Gasteiger partial charge in [-0.05, 0) is 74.0 Å². The van der Waals surface area contributed by atoms with E-state index in [2.05, 4.69) is 26.3 Å². The van der Waals surface area contributed by atoms with Crippen LogP contribution in [0, 0.1) is 5.92 Å². The number of aromatic nitrogens is 2. The lowest BCUT2D eigenvalue weighted by molar-refractivity contribution is -0.114. The third-order valence-electron chi connectivity index (χ3n) is 5.09. The van der Waals surface area contributed by atoms with Gasteiger partial charge in [0, 0.05) is 25.9 Å². The Bertz CT molecular complexity index is 757. The number of hydrogen-bond acceptors (Lipinski definition) is 5. The van der Waals surface area contributed by atoms with Gasteiger partial charge in [0.1, 0.15) is 11.6 Å². The van der Waals surface area contributed by atoms with Gasteiger partial charge in [-0.1, -0.05) is 0 Å². The van der Waals surface area contributed by atoms with Crippen LogP contribution in [0.4, 0.5) is 5.82 Å². The summed E-state index contributed by atoms with van der Waals surface area (Å²) in [5.41, 5.74) is 2.44. The van der Waals surface area contributed by atoms with Gasteiger partial charge in [-0.25, -0.2) is 4.98 Å². The van der Waals surface area contributed by atoms with Crippen molar-refractivity contribution in [2.75, 3.05) is 25.5 Å². The molecule has 3 rings (SSSR count). The summed E-state index contributed by atoms with van der Waals surface area (Å²) in [6, 6.07) is 6.08. The molecule has 0 saturated carbocycles. The van der Waals surface area contributed by atoms with E-state index < -0.39 is 0 Å². The summed E-state index contributed by atoms with van der Waals surface area (Å²) in [7, 11) is 1.67. The number of aryl methyl sites for hydroxylation is 1. The fourth-order valence-electron chi connectivity index (χ4n) is 3.60. The Morgan fingerprint density at radius 1 is 1.26 bits per heavy atom. The number of pyridine rings is 2. The van der Waals surface area contributed by atoms with Crippen molar-refractivity contribution in [3.63, 3.8) is 0 Å². The highest BCUT2D eigenvalue weighted by Crippen LogP contribution is 2.24. The predicted octanol–water partition coefficient (Wildman–Crippen LogP) is 3.29. The summed E-state index contributed by atoms with van der Waals surface area (Å²) in [5, 5.41) is 2.75. The highest BCUT2D eigenvalue weighted by atomic mass is 16.5. The van der Waals surface area contributed by atoms with Crippen LogP contribution < -0.4 is 10.1 Å². The zero-order chi connectivity index (χ0) is 19.1. The number of anilines is 1. The topological polar surface area (TPSA) is 67.3 Å². The molecule has 0 bridgehead atoms. The van der Waals surface area contributed by atoms with Crippen LogP contribution in [0.15, 0.2) is 36.8 Å². The third-order valence-corrected chi connectivity index (χ3v) is 5.09. The number of amides is 1. The fraction of sp³-hybridized carbons (Fsp3) is 0.476. The molecule has 3 heterocycles. The van der Waals surface area contributed by atoms with Crippen molar-refractivity contribution >= 4 is 11.7 Å². The minimum absolute atomic E-state index is 0.0849. The molecular formula is C21H28N4O2. The summed E-state index contributed by atoms with van der Waals surface area (Å²) in [6.45, 7) is 4.68. The molecule has 0 radical (unpaired) electrons. The summed E-state index contributed by atoms with van der Waals surface area (Å²) < 4.78 is 5.26. The van der Waals surface area contributed by atoms with Gasteiger partial charge in [0.25, 0.3) is 0 Å². The van der Waals surface area contributed by atoms with Crippen LogP contribution in [-0.4, -0.2) is 41.0 Å². The lowest BCUT2D eigenvalue weighted by Gasteiger charge is -2.32. The maximum absolute atomic E-state index is 11.2. The normalized spacial score (nSPS) is 15.5. The first-order valence-electron chi connectivity index (χ1n) is 9.55. The smallest absolute Gasteiger partial charge is 0.222 e. The molecule has 0 aromatic carbocycles. The van der Waals surface area contributed by atoms with E-state index in [1.165, 1.54) is 37.3 Å². The first-order chi connectivity index (χ1) is 13.1. The number of nitrogens with one attached hydrogen (secondary N) is 1. The Morgan fingerprint density at radius 2 is 2.07 bits per heavy atom. The number of hydrogen-bond donors (Lipinski definition) is 1. The van der Waals surface area contributed by atoms with Crippen molar-refractivity contribution in [2.24, 2.45) is 5.92 Å². The van der Waals surface area contributed by atoms with E-state index in [4.69, 9.17) is 4.74 Å². The maximum Gasteiger partial charge on any atom is 0.222 e. The summed E-state index contributed by atoms with van der Waals surface area (Å²) in [4.78, 5) is 22.1. The van der Waals surface area contributed by atoms with Crippen LogP contribution >= 0.6 is 0 Å². The van der Waals surface area contributed by atoms with Gasteiger partial charge in [-0.2, -0.15) is 0 Å². The number of methoxy groups -OCH3 is 1. The number of carbonyl (C=O) groups excluding carboxylic acids is 1. The second kappa shape index (κ2) is 9.46. The average Bonchev–Trinajstić information content (AvgIpc) is 2.67. The number of ether oxygens (including phenoxy) is 1. The largest absolute Gasteiger partial charge is 0.495 e. The van der Waals surface area contributed by atoms with Gasteiger partial charge in [0.05, 0.1) is 13.3 Å². The van der Waals surface area contributed by atoms with E-state index in [0.29, 0.717) is 5.82 Å². The molecule has 0 spiro atoms. The second-order valence-electron chi connectivity index (χ2n) is 7.22. The van der Waals surface area contributed by atoms with Gasteiger partial charge in [-0.15, -0.1) is 0 Å². The van der Waals surface area contributed by atoms with Crippen molar-refractivity contribution < 1.29 is 9.53 Å². The highest BCUT2D eigenvalue weighted by Gasteiger charge is 2.19. The molecule has 1 amide bonds. The molecule has 0 unspecified atom stereocenters. The first kappa shape index (κ1) is 19.3. The molecule has 1 aliphatic heterocycles. The van der Waals surface area contributed by atoms with Crippen LogP contribution in [0.3, 0.4) is 0 Å². The molecule has 1 aliphatic rings. The molecule has 6 heteroatoms. The summed E-state index contributed by atoms with van der Waals surface area (Å²) in [5.74, 6) is 2.13. The van der Waals surface area contributed by atoms with Crippen LogP contribution in [0.5, 0.6) is 5.75 Å². The van der Waals surface area contributed by atoms with Gasteiger partial charge < -0.3 is 10.1 Å². The zero-order valence-electron chi connectivity index (χ0n) is 16.1. The standard InChI is InChI=1S/C21H28N4O2/c1-16(26)24-21-12-18(5-8-23-21)4-3-17-6-9-25(10-7-17)15-19-11-20(27-2)14-22-13-19/h5,8,11-14,17H,3-4,6-7,9-10,15H2,1-2H3,(H,23,24,26). The molecular weight excluding hydrogens is 340 g/mol. The molecule has 1 fully saturated rings. The Morgan fingerprint density at radius 3 is 2.81 bits per heavy atom. The highest BCUT2D eigenvalue weighted by molar-refractivity contribution is 5.87. The zero-order valence-corrected chi connectivity index (χ0v) is 16.1. The number of carbonyl (C=O) groups is 1. The number of likely N-dealkylation sites (tertiary alicyclic amines) is 1. The van der Waals surface area contributed by atoms with Crippen LogP contribution in [0.25, 0.3) is 0 Å². The number of nitrogens with zero attached hydrogens (tertiary/aromatic N) is 3. The van der Waals surface area contributed by atoms with E-state index in [1.54, 1.807) is 19.5 Å². The van der Waals surface area contributed by atoms with E-state index in [0.717, 1.165) is 37.7 Å². The van der Waals surface area contributed by atoms with E-state index in [1.807, 2.05) is 18.3 Å². The van der Waals surface area contributed by atoms with Crippen molar-refractivity contribution in [1.82, 2.24) is 14.9 Å². The fourth-order valence-corrected chi connectivity index (χ4v) is 3.60. The molecule has 0 atom stereocenters. The Balaban J connectivity index is 1.43. The van der Waals surface area contributed by atoms with Crippen molar-refractivity contribution in [3.8, 4) is 5.75 Å². The molecule has 1 N–H and O–H groups in total. The number of piperidine rings is 1. The quantitative estimate of drug-likeness (QED) is 0.812. The average molecular weight is 368 g/mol. The predicted molar refractivity (Wildman–Crippen MR) is 106 cm³/mol. The van der Waals surface area contributed by atoms with Gasteiger partial charge in [-0.3, -0.25) is 14.7 Å². The third kappa shape index (κ3) is 6.03. The molecule has 2 aromatic rings. The SMILES string of the molecule is COc1cncc(CN2CCC(CCc3ccnc(NC(C)=O)c3)CC2)c1. The van der Waals surface area contributed by atoms with E-state index in [9.17, 15) is 4.79 Å². The molecule has 2 aromatic heterocycles. The molecule has 6 nitrogen and oxygen atoms in total. The minimum atomic E-state index is -0.0849. The monoisotopic (exact) mass is 368 g/mol. The molecule has 27 heavy (non-hydrogen) atoms. The summed E-state index contributed by atoms with van der Waals surface area (Å²) >= 11 is 0. The Hall–Kier alpha value is -2.47. The second-order valence-corrected chi connectivity index (χ2v) is 7.22. The molecule has 0 aliphatic carbocycles. The van der Waals surface area contributed by atoms with Crippen LogP contribution in [0.2, 0.25) is 0 Å². The Labute approximate surface area is 161 Å². The number of rotatable bonds is 7. The van der Waals surface area contributed by atoms with Crippen molar-refractivity contribution in [2.45, 2.75) is 39.2 Å². The lowest BCUT2D eigenvalue weighted by Crippen LogP contribution is -2.33. The van der Waals surface area contributed by atoms with Gasteiger partial charge in [0.2, 0.25) is 5.91 Å². The van der Waals surface area contributed by atoms with Crippen LogP contribution in [0.1, 0.15) is 37.3 Å². The first-order valence-corrected chi connectivity index (χ1v) is 9.55. The summed E-state index contributed by atoms with van der Waals surface area (Å²) in [6.07, 6.45) is 10.1. The van der Waals surface area contributed by atoms with Crippen molar-refractivity contribution in [3.05, 3.63) is 47.9 Å². The molecule has 144 valence electrons. The van der Waals surface area contributed by atoms with Crippen LogP contribution in [-0.2, 0) is 17.8 Å². The van der Waals surface area contributed by atoms with E-state index in [-0.39, 0.29) is 5.91 Å².